The van der Waals surface area contributed by atoms with E-state index in [0.29, 0.717) is 0 Å². The first-order valence-corrected chi connectivity index (χ1v) is 4.73. The summed E-state index contributed by atoms with van der Waals surface area (Å²) in [6.45, 7) is 0.141. The van der Waals surface area contributed by atoms with Gasteiger partial charge >= 0.3 is 5.97 Å². The lowest BCUT2D eigenvalue weighted by Crippen LogP contribution is -2.30. The summed E-state index contributed by atoms with van der Waals surface area (Å²) < 4.78 is 9.89. The molecule has 2 rings (SSSR count). The van der Waals surface area contributed by atoms with Gasteiger partial charge in [0.25, 0.3) is 0 Å². The Balaban J connectivity index is 1.86. The Kier molecular flexibility index (Phi) is 2.70. The monoisotopic (exact) mass is 208 g/mol. The van der Waals surface area contributed by atoms with Crippen molar-refractivity contribution < 1.29 is 19.4 Å². The molecule has 1 atom stereocenters. The minimum atomic E-state index is -1.07. The van der Waals surface area contributed by atoms with Crippen LogP contribution in [0.4, 0.5) is 0 Å². The molecule has 4 nitrogen and oxygen atoms in total. The molecule has 0 bridgehead atoms. The van der Waals surface area contributed by atoms with Gasteiger partial charge in [-0.2, -0.15) is 0 Å². The summed E-state index contributed by atoms with van der Waals surface area (Å²) in [7, 11) is 0. The molecule has 0 saturated carbocycles. The number of ether oxygens (including phenoxy) is 2. The Labute approximate surface area is 87.4 Å². The Morgan fingerprint density at radius 2 is 2.13 bits per heavy atom. The number of hydrogen-bond acceptors (Lipinski definition) is 4. The third-order valence-corrected chi connectivity index (χ3v) is 2.33. The van der Waals surface area contributed by atoms with Gasteiger partial charge in [-0.3, -0.25) is 0 Å². The molecule has 15 heavy (non-hydrogen) atoms. The first kappa shape index (κ1) is 10.1. The van der Waals surface area contributed by atoms with Crippen molar-refractivity contribution in [1.82, 2.24) is 0 Å². The van der Waals surface area contributed by atoms with Crippen LogP contribution in [0, 0.1) is 0 Å². The van der Waals surface area contributed by atoms with Crippen molar-refractivity contribution in [2.75, 3.05) is 13.2 Å². The van der Waals surface area contributed by atoms with Crippen molar-refractivity contribution in [3.63, 3.8) is 0 Å². The topological polar surface area (TPSA) is 59.1 Å². The van der Waals surface area contributed by atoms with Crippen LogP contribution in [0.15, 0.2) is 30.3 Å². The van der Waals surface area contributed by atoms with Crippen molar-refractivity contribution >= 4 is 5.97 Å². The molecule has 1 fully saturated rings. The summed E-state index contributed by atoms with van der Waals surface area (Å²) in [4.78, 5) is 11.4. The molecule has 1 aromatic rings. The molecule has 1 unspecified atom stereocenters. The normalized spacial score (nSPS) is 23.5. The highest BCUT2D eigenvalue weighted by atomic mass is 16.7. The standard InChI is InChI=1S/C11H12O4/c12-7-11(8-15-11)10(13)14-6-9-4-2-1-3-5-9/h1-5,12H,6-8H2. The van der Waals surface area contributed by atoms with E-state index in [1.165, 1.54) is 0 Å². The Hall–Kier alpha value is -1.39. The molecule has 1 heterocycles. The Morgan fingerprint density at radius 1 is 1.47 bits per heavy atom. The van der Waals surface area contributed by atoms with Gasteiger partial charge < -0.3 is 14.6 Å². The molecule has 1 saturated heterocycles. The van der Waals surface area contributed by atoms with Gasteiger partial charge in [-0.25, -0.2) is 4.79 Å². The Bertz CT molecular complexity index is 343. The fourth-order valence-corrected chi connectivity index (χ4v) is 1.22. The number of esters is 1. The first-order valence-electron chi connectivity index (χ1n) is 4.73. The van der Waals surface area contributed by atoms with Gasteiger partial charge in [-0.15, -0.1) is 0 Å². The zero-order chi connectivity index (χ0) is 10.7. The second-order valence-corrected chi connectivity index (χ2v) is 3.50. The van der Waals surface area contributed by atoms with Crippen LogP contribution in [0.2, 0.25) is 0 Å². The van der Waals surface area contributed by atoms with E-state index in [0.717, 1.165) is 5.56 Å². The van der Waals surface area contributed by atoms with Gasteiger partial charge in [0.2, 0.25) is 5.60 Å². The molecule has 0 amide bonds. The van der Waals surface area contributed by atoms with Gasteiger partial charge in [-0.1, -0.05) is 30.3 Å². The highest BCUT2D eigenvalue weighted by Crippen LogP contribution is 2.27. The molecule has 0 spiro atoms. The van der Waals surface area contributed by atoms with Gasteiger partial charge in [-0.05, 0) is 5.56 Å². The van der Waals surface area contributed by atoms with Crippen molar-refractivity contribution in [1.29, 1.82) is 0 Å². The van der Waals surface area contributed by atoms with E-state index < -0.39 is 11.6 Å². The second-order valence-electron chi connectivity index (χ2n) is 3.50. The van der Waals surface area contributed by atoms with Gasteiger partial charge in [0, 0.05) is 0 Å². The average molecular weight is 208 g/mol. The molecule has 1 aromatic carbocycles. The predicted octanol–water partition coefficient (Wildman–Crippen LogP) is 0.491. The third-order valence-electron chi connectivity index (χ3n) is 2.33. The molecular formula is C11H12O4. The lowest BCUT2D eigenvalue weighted by atomic mass is 10.2. The molecule has 0 aromatic heterocycles. The quantitative estimate of drug-likeness (QED) is 0.578. The maximum absolute atomic E-state index is 11.4. The van der Waals surface area contributed by atoms with Gasteiger partial charge in [0.1, 0.15) is 6.61 Å². The minimum Gasteiger partial charge on any atom is -0.459 e. The molecule has 1 aliphatic heterocycles. The van der Waals surface area contributed by atoms with Crippen molar-refractivity contribution in [2.24, 2.45) is 0 Å². The summed E-state index contributed by atoms with van der Waals surface area (Å²) in [6.07, 6.45) is 0. The van der Waals surface area contributed by atoms with E-state index in [1.54, 1.807) is 0 Å². The lowest BCUT2D eigenvalue weighted by molar-refractivity contribution is -0.152. The highest BCUT2D eigenvalue weighted by Gasteiger charge is 2.53. The first-order chi connectivity index (χ1) is 7.27. The van der Waals surface area contributed by atoms with Gasteiger partial charge in [0.15, 0.2) is 0 Å². The second kappa shape index (κ2) is 4.00. The number of aliphatic hydroxyl groups is 1. The zero-order valence-corrected chi connectivity index (χ0v) is 8.18. The third kappa shape index (κ3) is 2.16. The van der Waals surface area contributed by atoms with Crippen LogP contribution in [-0.2, 0) is 20.9 Å². The van der Waals surface area contributed by atoms with E-state index >= 15 is 0 Å². The summed E-state index contributed by atoms with van der Waals surface area (Å²) in [6, 6.07) is 9.38. The molecule has 0 aliphatic carbocycles. The molecule has 1 N–H and O–H groups in total. The Morgan fingerprint density at radius 3 is 2.67 bits per heavy atom. The van der Waals surface area contributed by atoms with Crippen LogP contribution in [-0.4, -0.2) is 29.9 Å². The largest absolute Gasteiger partial charge is 0.459 e. The summed E-state index contributed by atoms with van der Waals surface area (Å²) in [5.41, 5.74) is -0.158. The maximum Gasteiger partial charge on any atom is 0.343 e. The fraction of sp³-hybridized carbons (Fsp3) is 0.364. The lowest BCUT2D eigenvalue weighted by Gasteiger charge is -2.08. The van der Waals surface area contributed by atoms with E-state index in [1.807, 2.05) is 30.3 Å². The number of aliphatic hydroxyl groups excluding tert-OH is 1. The number of epoxide rings is 1. The van der Waals surface area contributed by atoms with Crippen LogP contribution >= 0.6 is 0 Å². The number of benzene rings is 1. The number of carbonyl (C=O) groups excluding carboxylic acids is 1. The van der Waals surface area contributed by atoms with Crippen molar-refractivity contribution in [3.8, 4) is 0 Å². The van der Waals surface area contributed by atoms with E-state index in [-0.39, 0.29) is 19.8 Å². The van der Waals surface area contributed by atoms with Crippen molar-refractivity contribution in [2.45, 2.75) is 12.2 Å². The van der Waals surface area contributed by atoms with Crippen LogP contribution < -0.4 is 0 Å². The minimum absolute atomic E-state index is 0.213. The van der Waals surface area contributed by atoms with Crippen LogP contribution in [0.1, 0.15) is 5.56 Å². The SMILES string of the molecule is O=C(OCc1ccccc1)C1(CO)CO1. The van der Waals surface area contributed by atoms with E-state index in [2.05, 4.69) is 0 Å². The number of carbonyl (C=O) groups is 1. The molecule has 4 heteroatoms. The van der Waals surface area contributed by atoms with E-state index in [4.69, 9.17) is 14.6 Å². The molecular weight excluding hydrogens is 196 g/mol. The summed E-state index contributed by atoms with van der Waals surface area (Å²) in [5, 5.41) is 8.90. The highest BCUT2D eigenvalue weighted by molar-refractivity contribution is 5.82. The van der Waals surface area contributed by atoms with Crippen LogP contribution in [0.3, 0.4) is 0 Å². The zero-order valence-electron chi connectivity index (χ0n) is 8.18. The van der Waals surface area contributed by atoms with Gasteiger partial charge in [0.05, 0.1) is 13.2 Å². The average Bonchev–Trinajstić information content (AvgIpc) is 3.08. The summed E-state index contributed by atoms with van der Waals surface area (Å²) >= 11 is 0. The molecule has 0 radical (unpaired) electrons. The molecule has 80 valence electrons. The number of hydrogen-bond donors (Lipinski definition) is 1. The summed E-state index contributed by atoms with van der Waals surface area (Å²) in [5.74, 6) is -0.492. The van der Waals surface area contributed by atoms with Crippen LogP contribution in [0.5, 0.6) is 0 Å². The van der Waals surface area contributed by atoms with Crippen molar-refractivity contribution in [3.05, 3.63) is 35.9 Å². The predicted molar refractivity (Wildman–Crippen MR) is 52.0 cm³/mol. The van der Waals surface area contributed by atoms with E-state index in [9.17, 15) is 4.79 Å². The molecule has 1 aliphatic rings. The maximum atomic E-state index is 11.4. The van der Waals surface area contributed by atoms with Crippen LogP contribution in [0.25, 0.3) is 0 Å². The fourth-order valence-electron chi connectivity index (χ4n) is 1.22. The number of rotatable bonds is 4. The smallest absolute Gasteiger partial charge is 0.343 e.